The average Bonchev–Trinajstić information content (AvgIpc) is 3.33. The maximum absolute atomic E-state index is 13.4. The fourth-order valence-corrected chi connectivity index (χ4v) is 5.82. The van der Waals surface area contributed by atoms with Crippen molar-refractivity contribution in [3.05, 3.63) is 53.1 Å². The van der Waals surface area contributed by atoms with Gasteiger partial charge >= 0.3 is 6.03 Å². The topological polar surface area (TPSA) is 50.2 Å². The van der Waals surface area contributed by atoms with Crippen molar-refractivity contribution in [3.63, 3.8) is 0 Å². The Hall–Kier alpha value is -2.63. The van der Waals surface area contributed by atoms with Crippen molar-refractivity contribution >= 4 is 12.1 Å². The number of halogens is 1. The SMILES string of the molecule is CCCC(C[C@H]1CCC2=Cc3c(cnn3-c3ccc(F)cc3)C[C@@]21C)NC(=O)N(CC)CC. The van der Waals surface area contributed by atoms with Crippen molar-refractivity contribution in [2.45, 2.75) is 72.3 Å². The first kappa shape index (κ1) is 23.5. The summed E-state index contributed by atoms with van der Waals surface area (Å²) in [6, 6.07) is 6.78. The minimum absolute atomic E-state index is 0.0591. The maximum Gasteiger partial charge on any atom is 0.317 e. The van der Waals surface area contributed by atoms with E-state index in [2.05, 4.69) is 30.3 Å². The number of hydrogen-bond acceptors (Lipinski definition) is 2. The molecule has 1 aromatic heterocycles. The minimum atomic E-state index is -0.237. The lowest BCUT2D eigenvalue weighted by atomic mass is 9.68. The summed E-state index contributed by atoms with van der Waals surface area (Å²) in [5.74, 6) is 0.290. The fourth-order valence-electron chi connectivity index (χ4n) is 5.82. The van der Waals surface area contributed by atoms with E-state index in [1.165, 1.54) is 23.3 Å². The van der Waals surface area contributed by atoms with E-state index in [-0.39, 0.29) is 23.3 Å². The second-order valence-electron chi connectivity index (χ2n) is 9.79. The van der Waals surface area contributed by atoms with Gasteiger partial charge in [0, 0.05) is 19.1 Å². The van der Waals surface area contributed by atoms with Crippen LogP contribution in [-0.2, 0) is 6.42 Å². The third-order valence-electron chi connectivity index (χ3n) is 7.81. The molecule has 2 aliphatic rings. The van der Waals surface area contributed by atoms with Crippen LogP contribution in [0.3, 0.4) is 0 Å². The standard InChI is InChI=1S/C27H37FN4O/c1-5-8-23(30-26(33)31(6-2)7-3)15-20-9-10-21-16-25-19(17-27(20,21)4)18-29-32(25)24-13-11-22(28)12-14-24/h11-14,16,18,20,23H,5-10,15,17H2,1-4H3,(H,30,33)/t20-,23?,27-/m1/s1. The van der Waals surface area contributed by atoms with E-state index < -0.39 is 0 Å². The van der Waals surface area contributed by atoms with Crippen LogP contribution in [0, 0.1) is 17.2 Å². The molecule has 1 saturated carbocycles. The van der Waals surface area contributed by atoms with E-state index in [9.17, 15) is 9.18 Å². The molecule has 6 heteroatoms. The van der Waals surface area contributed by atoms with Crippen LogP contribution in [0.15, 0.2) is 36.0 Å². The van der Waals surface area contributed by atoms with E-state index in [1.54, 1.807) is 12.1 Å². The minimum Gasteiger partial charge on any atom is -0.335 e. The molecule has 2 aromatic rings. The molecule has 1 aromatic carbocycles. The van der Waals surface area contributed by atoms with Gasteiger partial charge in [-0.25, -0.2) is 13.9 Å². The second kappa shape index (κ2) is 9.70. The number of aromatic nitrogens is 2. The van der Waals surface area contributed by atoms with Crippen molar-refractivity contribution in [3.8, 4) is 5.69 Å². The van der Waals surface area contributed by atoms with Crippen LogP contribution in [0.1, 0.15) is 71.1 Å². The Labute approximate surface area is 197 Å². The van der Waals surface area contributed by atoms with Gasteiger partial charge in [-0.05, 0) is 93.2 Å². The van der Waals surface area contributed by atoms with Gasteiger partial charge in [0.05, 0.1) is 17.6 Å². The molecule has 0 spiro atoms. The molecule has 0 radical (unpaired) electrons. The Bertz CT molecular complexity index is 1010. The third kappa shape index (κ3) is 4.57. The highest BCUT2D eigenvalue weighted by molar-refractivity contribution is 5.74. The molecule has 1 fully saturated rings. The lowest BCUT2D eigenvalue weighted by molar-refractivity contribution is 0.186. The maximum atomic E-state index is 13.4. The van der Waals surface area contributed by atoms with Gasteiger partial charge in [-0.3, -0.25) is 0 Å². The summed E-state index contributed by atoms with van der Waals surface area (Å²) < 4.78 is 15.3. The molecular formula is C27H37FN4O. The fraction of sp³-hybridized carbons (Fsp3) is 0.556. The van der Waals surface area contributed by atoms with Crippen molar-refractivity contribution in [2.75, 3.05) is 13.1 Å². The lowest BCUT2D eigenvalue weighted by Gasteiger charge is -2.38. The third-order valence-corrected chi connectivity index (χ3v) is 7.81. The van der Waals surface area contributed by atoms with Crippen LogP contribution in [0.5, 0.6) is 0 Å². The molecule has 5 nitrogen and oxygen atoms in total. The number of allylic oxidation sites excluding steroid dienone is 1. The summed E-state index contributed by atoms with van der Waals surface area (Å²) >= 11 is 0. The average molecular weight is 453 g/mol. The largest absolute Gasteiger partial charge is 0.335 e. The number of carbonyl (C=O) groups is 1. The first-order valence-electron chi connectivity index (χ1n) is 12.5. The Morgan fingerprint density at radius 1 is 1.27 bits per heavy atom. The van der Waals surface area contributed by atoms with Gasteiger partial charge in [-0.1, -0.05) is 25.8 Å². The van der Waals surface area contributed by atoms with Gasteiger partial charge in [0.15, 0.2) is 0 Å². The molecule has 178 valence electrons. The van der Waals surface area contributed by atoms with E-state index in [1.807, 2.05) is 29.6 Å². The highest BCUT2D eigenvalue weighted by Gasteiger charge is 2.46. The Balaban J connectivity index is 1.53. The van der Waals surface area contributed by atoms with Crippen LogP contribution >= 0.6 is 0 Å². The van der Waals surface area contributed by atoms with Crippen LogP contribution < -0.4 is 5.32 Å². The number of fused-ring (bicyclic) bond motifs is 2. The number of hydrogen-bond donors (Lipinski definition) is 1. The molecule has 3 atom stereocenters. The Morgan fingerprint density at radius 2 is 2.00 bits per heavy atom. The monoisotopic (exact) mass is 452 g/mol. The molecule has 0 saturated heterocycles. The predicted octanol–water partition coefficient (Wildman–Crippen LogP) is 5.98. The van der Waals surface area contributed by atoms with Crippen LogP contribution in [0.2, 0.25) is 0 Å². The van der Waals surface area contributed by atoms with Crippen molar-refractivity contribution in [2.24, 2.45) is 11.3 Å². The number of amides is 2. The molecule has 1 unspecified atom stereocenters. The summed E-state index contributed by atoms with van der Waals surface area (Å²) in [6.07, 6.45) is 10.6. The molecule has 33 heavy (non-hydrogen) atoms. The van der Waals surface area contributed by atoms with Crippen molar-refractivity contribution in [1.29, 1.82) is 0 Å². The first-order chi connectivity index (χ1) is 15.9. The zero-order valence-corrected chi connectivity index (χ0v) is 20.4. The quantitative estimate of drug-likeness (QED) is 0.536. The molecule has 2 amide bonds. The second-order valence-corrected chi connectivity index (χ2v) is 9.79. The Kier molecular flexibility index (Phi) is 6.91. The van der Waals surface area contributed by atoms with Crippen LogP contribution in [-0.4, -0.2) is 39.8 Å². The van der Waals surface area contributed by atoms with E-state index in [0.29, 0.717) is 5.92 Å². The number of benzene rings is 1. The molecule has 0 aliphatic heterocycles. The van der Waals surface area contributed by atoms with Gasteiger partial charge in [0.1, 0.15) is 5.82 Å². The lowest BCUT2D eigenvalue weighted by Crippen LogP contribution is -2.46. The number of urea groups is 1. The molecule has 1 N–H and O–H groups in total. The first-order valence-corrected chi connectivity index (χ1v) is 12.5. The highest BCUT2D eigenvalue weighted by Crippen LogP contribution is 2.54. The number of rotatable bonds is 8. The van der Waals surface area contributed by atoms with Gasteiger partial charge in [-0.15, -0.1) is 0 Å². The van der Waals surface area contributed by atoms with Gasteiger partial charge in [0.25, 0.3) is 0 Å². The zero-order chi connectivity index (χ0) is 23.6. The number of nitrogens with zero attached hydrogens (tertiary/aromatic N) is 3. The van der Waals surface area contributed by atoms with Crippen molar-refractivity contribution in [1.82, 2.24) is 20.0 Å². The summed E-state index contributed by atoms with van der Waals surface area (Å²) in [5.41, 5.74) is 4.82. The molecule has 4 rings (SSSR count). The number of carbonyl (C=O) groups excluding carboxylic acids is 1. The van der Waals surface area contributed by atoms with E-state index in [4.69, 9.17) is 0 Å². The van der Waals surface area contributed by atoms with Crippen LogP contribution in [0.4, 0.5) is 9.18 Å². The smallest absolute Gasteiger partial charge is 0.317 e. The summed E-state index contributed by atoms with van der Waals surface area (Å²) in [4.78, 5) is 14.6. The summed E-state index contributed by atoms with van der Waals surface area (Å²) in [7, 11) is 0. The summed E-state index contributed by atoms with van der Waals surface area (Å²) in [5, 5.41) is 7.97. The number of nitrogens with one attached hydrogen (secondary N) is 1. The normalized spacial score (nSPS) is 22.3. The van der Waals surface area contributed by atoms with Gasteiger partial charge in [-0.2, -0.15) is 5.10 Å². The van der Waals surface area contributed by atoms with E-state index >= 15 is 0 Å². The zero-order valence-electron chi connectivity index (χ0n) is 20.4. The highest BCUT2D eigenvalue weighted by atomic mass is 19.1. The Morgan fingerprint density at radius 3 is 2.67 bits per heavy atom. The molecule has 2 aliphatic carbocycles. The van der Waals surface area contributed by atoms with Gasteiger partial charge < -0.3 is 10.2 Å². The molecular weight excluding hydrogens is 415 g/mol. The predicted molar refractivity (Wildman–Crippen MR) is 131 cm³/mol. The van der Waals surface area contributed by atoms with Crippen molar-refractivity contribution < 1.29 is 9.18 Å². The molecule has 1 heterocycles. The molecule has 0 bridgehead atoms. The summed E-state index contributed by atoms with van der Waals surface area (Å²) in [6.45, 7) is 10.1. The van der Waals surface area contributed by atoms with Crippen LogP contribution in [0.25, 0.3) is 11.8 Å². The van der Waals surface area contributed by atoms with Gasteiger partial charge in [0.2, 0.25) is 0 Å². The van der Waals surface area contributed by atoms with E-state index in [0.717, 1.165) is 63.0 Å².